The summed E-state index contributed by atoms with van der Waals surface area (Å²) < 4.78 is 77.2. The van der Waals surface area contributed by atoms with E-state index in [-0.39, 0.29) is 35.7 Å². The first-order chi connectivity index (χ1) is 15.3. The number of halogens is 5. The number of alkyl halides is 5. The summed E-state index contributed by atoms with van der Waals surface area (Å²) in [6.45, 7) is 0.984. The monoisotopic (exact) mass is 487 g/mol. The van der Waals surface area contributed by atoms with Crippen molar-refractivity contribution in [2.75, 3.05) is 29.6 Å². The molecule has 33 heavy (non-hydrogen) atoms. The molecule has 1 atom stereocenters. The van der Waals surface area contributed by atoms with Gasteiger partial charge in [0.25, 0.3) is 11.8 Å². The zero-order valence-corrected chi connectivity index (χ0v) is 18.7. The number of nitrogens with zero attached hydrogens (tertiary/aromatic N) is 3. The van der Waals surface area contributed by atoms with Crippen molar-refractivity contribution in [1.29, 1.82) is 4.78 Å². The molecule has 2 aromatic rings. The van der Waals surface area contributed by atoms with Crippen molar-refractivity contribution in [3.8, 4) is 0 Å². The van der Waals surface area contributed by atoms with Gasteiger partial charge in [0.05, 0.1) is 16.5 Å². The number of carbonyl (C=O) groups is 1. The second-order valence-corrected chi connectivity index (χ2v) is 9.94. The van der Waals surface area contributed by atoms with Crippen LogP contribution in [0.5, 0.6) is 0 Å². The van der Waals surface area contributed by atoms with E-state index in [4.69, 9.17) is 4.78 Å². The van der Waals surface area contributed by atoms with Crippen LogP contribution in [-0.4, -0.2) is 41.1 Å². The summed E-state index contributed by atoms with van der Waals surface area (Å²) in [4.78, 5) is 22.7. The van der Waals surface area contributed by atoms with E-state index in [0.717, 1.165) is 0 Å². The maximum atomic E-state index is 14.4. The highest BCUT2D eigenvalue weighted by atomic mass is 32.2. The summed E-state index contributed by atoms with van der Waals surface area (Å²) in [5.74, 6) is -3.72. The predicted molar refractivity (Wildman–Crippen MR) is 114 cm³/mol. The van der Waals surface area contributed by atoms with Crippen molar-refractivity contribution in [2.45, 2.75) is 43.3 Å². The Morgan fingerprint density at radius 2 is 1.94 bits per heavy atom. The topological polar surface area (TPSA) is 82.0 Å². The number of carbonyl (C=O) groups excluding carboxylic acids is 1. The molecule has 2 aliphatic rings. The van der Waals surface area contributed by atoms with Crippen LogP contribution in [0.1, 0.15) is 40.7 Å². The van der Waals surface area contributed by atoms with Crippen LogP contribution in [0, 0.1) is 17.1 Å². The maximum Gasteiger partial charge on any atom is 0.418 e. The van der Waals surface area contributed by atoms with Gasteiger partial charge in [-0.05, 0) is 43.7 Å². The van der Waals surface area contributed by atoms with E-state index < -0.39 is 46.1 Å². The summed E-state index contributed by atoms with van der Waals surface area (Å²) >= 11 is 0. The highest BCUT2D eigenvalue weighted by Crippen LogP contribution is 2.60. The van der Waals surface area contributed by atoms with Crippen LogP contribution in [0.25, 0.3) is 0 Å². The second kappa shape index (κ2) is 8.00. The van der Waals surface area contributed by atoms with Crippen LogP contribution in [0.15, 0.2) is 29.6 Å². The number of anilines is 2. The van der Waals surface area contributed by atoms with Gasteiger partial charge in [-0.25, -0.2) is 18.7 Å². The Morgan fingerprint density at radius 1 is 1.24 bits per heavy atom. The zero-order chi connectivity index (χ0) is 24.2. The molecule has 12 heteroatoms. The minimum absolute atomic E-state index is 0.0372. The lowest BCUT2D eigenvalue weighted by molar-refractivity contribution is -0.138. The van der Waals surface area contributed by atoms with Gasteiger partial charge in [0.1, 0.15) is 10.8 Å². The molecule has 1 amide bonds. The third kappa shape index (κ3) is 4.32. The Balaban J connectivity index is 1.74. The lowest BCUT2D eigenvalue weighted by atomic mass is 9.89. The van der Waals surface area contributed by atoms with Gasteiger partial charge in [0, 0.05) is 37.6 Å². The molecular formula is C21H22F5N5OS. The van der Waals surface area contributed by atoms with Gasteiger partial charge in [-0.3, -0.25) is 9.57 Å². The Hall–Kier alpha value is -2.63. The van der Waals surface area contributed by atoms with E-state index in [1.165, 1.54) is 30.2 Å². The average Bonchev–Trinajstić information content (AvgIpc) is 3.50. The third-order valence-electron chi connectivity index (χ3n) is 6.28. The van der Waals surface area contributed by atoms with Crippen molar-refractivity contribution < 1.29 is 26.7 Å². The molecule has 0 radical (unpaired) electrons. The van der Waals surface area contributed by atoms with E-state index in [2.05, 4.69) is 15.3 Å². The van der Waals surface area contributed by atoms with Crippen LogP contribution in [0.2, 0.25) is 0 Å². The fourth-order valence-electron chi connectivity index (χ4n) is 4.19. The summed E-state index contributed by atoms with van der Waals surface area (Å²) in [5.41, 5.74) is -2.63. The van der Waals surface area contributed by atoms with Gasteiger partial charge in [-0.2, -0.15) is 13.2 Å². The number of hydrogen-bond acceptors (Lipinski definition) is 5. The van der Waals surface area contributed by atoms with E-state index in [9.17, 15) is 26.7 Å². The molecular weight excluding hydrogens is 465 g/mol. The predicted octanol–water partition coefficient (Wildman–Crippen LogP) is 5.05. The van der Waals surface area contributed by atoms with Crippen molar-refractivity contribution in [3.05, 3.63) is 41.2 Å². The van der Waals surface area contributed by atoms with E-state index in [1.54, 1.807) is 6.26 Å². The number of pyridine rings is 2. The Kier molecular flexibility index (Phi) is 5.70. The summed E-state index contributed by atoms with van der Waals surface area (Å²) in [7, 11) is -0.939. The lowest BCUT2D eigenvalue weighted by Gasteiger charge is -2.40. The number of rotatable bonds is 4. The van der Waals surface area contributed by atoms with Crippen LogP contribution in [-0.2, 0) is 16.9 Å². The van der Waals surface area contributed by atoms with E-state index in [1.807, 2.05) is 0 Å². The highest BCUT2D eigenvalue weighted by molar-refractivity contribution is 7.85. The smallest absolute Gasteiger partial charge is 0.355 e. The largest absolute Gasteiger partial charge is 0.418 e. The van der Waals surface area contributed by atoms with Gasteiger partial charge in [-0.1, -0.05) is 10.7 Å². The molecule has 1 saturated heterocycles. The fraction of sp³-hybridized carbons (Fsp3) is 0.476. The molecule has 0 bridgehead atoms. The van der Waals surface area contributed by atoms with Gasteiger partial charge in [0.2, 0.25) is 0 Å². The molecule has 2 aromatic heterocycles. The lowest BCUT2D eigenvalue weighted by Crippen LogP contribution is -2.49. The highest BCUT2D eigenvalue weighted by Gasteiger charge is 2.64. The molecule has 1 aliphatic carbocycles. The molecule has 2 N–H and O–H groups in total. The molecule has 178 valence electrons. The SMILES string of the molecule is Cc1c(C(F)(F)F)cnc(N2CCC(F)(F)C3(CC3)C2)c1C(=O)Nc1ccnc([S@](C)=N)c1. The molecule has 0 unspecified atom stereocenters. The van der Waals surface area contributed by atoms with E-state index >= 15 is 0 Å². The van der Waals surface area contributed by atoms with Crippen LogP contribution in [0.3, 0.4) is 0 Å². The van der Waals surface area contributed by atoms with Crippen molar-refractivity contribution in [1.82, 2.24) is 9.97 Å². The minimum Gasteiger partial charge on any atom is -0.355 e. The first-order valence-corrected chi connectivity index (χ1v) is 11.8. The summed E-state index contributed by atoms with van der Waals surface area (Å²) in [6, 6.07) is 2.94. The van der Waals surface area contributed by atoms with Crippen LogP contribution >= 0.6 is 0 Å². The molecule has 1 spiro atoms. The molecule has 1 aliphatic heterocycles. The summed E-state index contributed by atoms with van der Waals surface area (Å²) in [5, 5.41) is 2.97. The standard InChI is InChI=1S/C21H22F5N5OS/c1-12-14(21(24,25)26)10-29-17(31-8-6-20(22,23)19(11-31)4-5-19)16(12)18(32)30-13-3-7-28-15(9-13)33(2)27/h3,7,9-10,27H,4-6,8,11H2,1-2H3,(H,28,30,32)/t33-/m0/s1. The second-order valence-electron chi connectivity index (χ2n) is 8.50. The average molecular weight is 487 g/mol. The quantitative estimate of drug-likeness (QED) is 0.592. The van der Waals surface area contributed by atoms with Crippen LogP contribution in [0.4, 0.5) is 33.5 Å². The molecule has 1 saturated carbocycles. The van der Waals surface area contributed by atoms with Gasteiger partial charge in [-0.15, -0.1) is 0 Å². The van der Waals surface area contributed by atoms with Gasteiger partial charge in [0.15, 0.2) is 0 Å². The number of nitrogens with one attached hydrogen (secondary N) is 2. The number of piperidine rings is 1. The Morgan fingerprint density at radius 3 is 2.55 bits per heavy atom. The Bertz CT molecular complexity index is 1130. The first kappa shape index (κ1) is 23.5. The Labute approximate surface area is 189 Å². The van der Waals surface area contributed by atoms with E-state index in [0.29, 0.717) is 24.1 Å². The zero-order valence-electron chi connectivity index (χ0n) is 17.9. The molecule has 4 rings (SSSR count). The van der Waals surface area contributed by atoms with Crippen molar-refractivity contribution in [2.24, 2.45) is 5.41 Å². The maximum absolute atomic E-state index is 14.4. The first-order valence-electron chi connectivity index (χ1n) is 10.2. The van der Waals surface area contributed by atoms with Gasteiger partial charge >= 0.3 is 6.18 Å². The number of hydrogen-bond donors (Lipinski definition) is 2. The fourth-order valence-corrected chi connectivity index (χ4v) is 4.71. The third-order valence-corrected chi connectivity index (χ3v) is 7.13. The summed E-state index contributed by atoms with van der Waals surface area (Å²) in [6.07, 6.45) is -0.875. The molecule has 3 heterocycles. The minimum atomic E-state index is -4.73. The number of amides is 1. The molecule has 0 aromatic carbocycles. The number of aromatic nitrogens is 2. The van der Waals surface area contributed by atoms with Crippen LogP contribution < -0.4 is 10.2 Å². The van der Waals surface area contributed by atoms with Gasteiger partial charge < -0.3 is 10.2 Å². The molecule has 6 nitrogen and oxygen atoms in total. The normalized spacial score (nSPS) is 19.9. The van der Waals surface area contributed by atoms with Crippen molar-refractivity contribution in [3.63, 3.8) is 0 Å². The van der Waals surface area contributed by atoms with Crippen molar-refractivity contribution >= 4 is 28.1 Å². The molecule has 2 fully saturated rings.